The van der Waals surface area contributed by atoms with E-state index in [0.717, 1.165) is 0 Å². The number of carbonyl (C=O) groups excluding carboxylic acids is 2. The van der Waals surface area contributed by atoms with Crippen LogP contribution in [-0.2, 0) is 9.53 Å². The maximum Gasteiger partial charge on any atom is 0.410 e. The molecular formula is C15H28N4O3. The first-order chi connectivity index (χ1) is 10.2. The number of hydrogen-bond donors (Lipinski definition) is 2. The van der Waals surface area contributed by atoms with Gasteiger partial charge in [-0.3, -0.25) is 14.7 Å². The summed E-state index contributed by atoms with van der Waals surface area (Å²) in [4.78, 5) is 29.6. The Kier molecular flexibility index (Phi) is 6.64. The van der Waals surface area contributed by atoms with Gasteiger partial charge in [0.05, 0.1) is 19.6 Å². The number of nitrogens with zero attached hydrogens (tertiary/aromatic N) is 2. The van der Waals surface area contributed by atoms with Crippen molar-refractivity contribution in [2.24, 2.45) is 10.9 Å². The fourth-order valence-corrected chi connectivity index (χ4v) is 1.77. The third kappa shape index (κ3) is 7.28. The molecule has 7 heteroatoms. The molecular weight excluding hydrogens is 284 g/mol. The maximum absolute atomic E-state index is 12.0. The van der Waals surface area contributed by atoms with Crippen molar-refractivity contribution in [1.29, 1.82) is 0 Å². The molecule has 7 nitrogen and oxygen atoms in total. The SMILES string of the molecule is CC(C)CNC(=O)CNC1=NCCN(C(=O)OC(C)(C)C)C1. The van der Waals surface area contributed by atoms with Crippen molar-refractivity contribution < 1.29 is 14.3 Å². The lowest BCUT2D eigenvalue weighted by Crippen LogP contribution is -2.49. The molecule has 126 valence electrons. The first-order valence-corrected chi connectivity index (χ1v) is 7.69. The van der Waals surface area contributed by atoms with Crippen LogP contribution in [0.2, 0.25) is 0 Å². The van der Waals surface area contributed by atoms with E-state index in [-0.39, 0.29) is 18.5 Å². The summed E-state index contributed by atoms with van der Waals surface area (Å²) in [7, 11) is 0. The highest BCUT2D eigenvalue weighted by Gasteiger charge is 2.25. The van der Waals surface area contributed by atoms with Gasteiger partial charge in [-0.15, -0.1) is 0 Å². The predicted octanol–water partition coefficient (Wildman–Crippen LogP) is 0.997. The molecule has 1 heterocycles. The molecule has 0 atom stereocenters. The Balaban J connectivity index is 2.39. The van der Waals surface area contributed by atoms with Gasteiger partial charge in [0, 0.05) is 13.1 Å². The fraction of sp³-hybridized carbons (Fsp3) is 0.800. The van der Waals surface area contributed by atoms with E-state index < -0.39 is 5.60 Å². The van der Waals surface area contributed by atoms with E-state index in [0.29, 0.717) is 37.9 Å². The average Bonchev–Trinajstić information content (AvgIpc) is 2.41. The summed E-state index contributed by atoms with van der Waals surface area (Å²) in [5.41, 5.74) is -0.518. The summed E-state index contributed by atoms with van der Waals surface area (Å²) in [6.45, 7) is 11.8. The Morgan fingerprint density at radius 1 is 1.36 bits per heavy atom. The summed E-state index contributed by atoms with van der Waals surface area (Å²) < 4.78 is 5.34. The zero-order chi connectivity index (χ0) is 16.8. The van der Waals surface area contributed by atoms with Crippen LogP contribution in [0.15, 0.2) is 4.99 Å². The molecule has 0 aliphatic carbocycles. The number of hydrogen-bond acceptors (Lipinski definition) is 5. The highest BCUT2D eigenvalue weighted by Crippen LogP contribution is 2.10. The molecule has 2 N–H and O–H groups in total. The van der Waals surface area contributed by atoms with Gasteiger partial charge in [0.15, 0.2) is 0 Å². The first-order valence-electron chi connectivity index (χ1n) is 7.69. The summed E-state index contributed by atoms with van der Waals surface area (Å²) >= 11 is 0. The second-order valence-electron chi connectivity index (χ2n) is 6.78. The van der Waals surface area contributed by atoms with E-state index in [1.54, 1.807) is 4.90 Å². The van der Waals surface area contributed by atoms with Gasteiger partial charge in [0.2, 0.25) is 5.91 Å². The maximum atomic E-state index is 12.0. The lowest BCUT2D eigenvalue weighted by molar-refractivity contribution is -0.120. The van der Waals surface area contributed by atoms with Crippen molar-refractivity contribution in [3.63, 3.8) is 0 Å². The Labute approximate surface area is 132 Å². The standard InChI is InChI=1S/C15H28N4O3/c1-11(2)8-18-13(20)9-17-12-10-19(7-6-16-12)14(21)22-15(3,4)5/h11H,6-10H2,1-5H3,(H,16,17)(H,18,20). The molecule has 1 aliphatic heterocycles. The molecule has 0 radical (unpaired) electrons. The van der Waals surface area contributed by atoms with Crippen LogP contribution < -0.4 is 10.6 Å². The van der Waals surface area contributed by atoms with Crippen LogP contribution in [0.5, 0.6) is 0 Å². The monoisotopic (exact) mass is 312 g/mol. The quantitative estimate of drug-likeness (QED) is 0.811. The van der Waals surface area contributed by atoms with Gasteiger partial charge in [-0.1, -0.05) is 13.8 Å². The van der Waals surface area contributed by atoms with Gasteiger partial charge < -0.3 is 15.4 Å². The fourth-order valence-electron chi connectivity index (χ4n) is 1.77. The third-order valence-electron chi connectivity index (χ3n) is 2.83. The molecule has 1 aliphatic rings. The molecule has 0 bridgehead atoms. The summed E-state index contributed by atoms with van der Waals surface area (Å²) in [6.07, 6.45) is -0.356. The summed E-state index contributed by atoms with van der Waals surface area (Å²) in [5.74, 6) is 0.973. The largest absolute Gasteiger partial charge is 0.444 e. The van der Waals surface area contributed by atoms with Crippen LogP contribution in [-0.4, -0.2) is 61.1 Å². The van der Waals surface area contributed by atoms with E-state index in [1.807, 2.05) is 34.6 Å². The van der Waals surface area contributed by atoms with Crippen molar-refractivity contribution in [2.75, 3.05) is 32.7 Å². The number of carbonyl (C=O) groups is 2. The Hall–Kier alpha value is -1.79. The molecule has 1 rings (SSSR count). The Bertz CT molecular complexity index is 427. The lowest BCUT2D eigenvalue weighted by atomic mass is 10.2. The zero-order valence-electron chi connectivity index (χ0n) is 14.2. The highest BCUT2D eigenvalue weighted by molar-refractivity contribution is 5.91. The molecule has 0 aromatic heterocycles. The number of amides is 2. The van der Waals surface area contributed by atoms with Crippen LogP contribution in [0.25, 0.3) is 0 Å². The van der Waals surface area contributed by atoms with Crippen molar-refractivity contribution in [2.45, 2.75) is 40.2 Å². The molecule has 0 saturated carbocycles. The summed E-state index contributed by atoms with van der Waals surface area (Å²) in [6, 6.07) is 0. The van der Waals surface area contributed by atoms with Gasteiger partial charge in [0.25, 0.3) is 0 Å². The van der Waals surface area contributed by atoms with Crippen LogP contribution in [0, 0.1) is 5.92 Å². The normalized spacial score (nSPS) is 15.4. The van der Waals surface area contributed by atoms with Gasteiger partial charge in [-0.25, -0.2) is 4.79 Å². The minimum absolute atomic E-state index is 0.0780. The van der Waals surface area contributed by atoms with Gasteiger partial charge in [0.1, 0.15) is 11.4 Å². The van der Waals surface area contributed by atoms with Crippen LogP contribution in [0.1, 0.15) is 34.6 Å². The molecule has 2 amide bonds. The number of ether oxygens (including phenoxy) is 1. The first kappa shape index (κ1) is 18.3. The third-order valence-corrected chi connectivity index (χ3v) is 2.83. The molecule has 22 heavy (non-hydrogen) atoms. The minimum Gasteiger partial charge on any atom is -0.444 e. The molecule has 0 fully saturated rings. The van der Waals surface area contributed by atoms with Crippen LogP contribution in [0.3, 0.4) is 0 Å². The number of nitrogens with one attached hydrogen (secondary N) is 2. The van der Waals surface area contributed by atoms with Crippen molar-refractivity contribution in [3.05, 3.63) is 0 Å². The number of aliphatic imine (C=N–C) groups is 1. The Morgan fingerprint density at radius 3 is 2.64 bits per heavy atom. The van der Waals surface area contributed by atoms with Crippen LogP contribution >= 0.6 is 0 Å². The van der Waals surface area contributed by atoms with E-state index in [2.05, 4.69) is 15.6 Å². The van der Waals surface area contributed by atoms with Crippen molar-refractivity contribution in [1.82, 2.24) is 15.5 Å². The zero-order valence-corrected chi connectivity index (χ0v) is 14.2. The molecule has 0 aromatic carbocycles. The molecule has 0 spiro atoms. The van der Waals surface area contributed by atoms with E-state index in [4.69, 9.17) is 4.74 Å². The molecule has 0 unspecified atom stereocenters. The van der Waals surface area contributed by atoms with E-state index >= 15 is 0 Å². The smallest absolute Gasteiger partial charge is 0.410 e. The average molecular weight is 312 g/mol. The molecule has 0 aromatic rings. The second-order valence-corrected chi connectivity index (χ2v) is 6.78. The van der Waals surface area contributed by atoms with Gasteiger partial charge >= 0.3 is 6.09 Å². The minimum atomic E-state index is -0.518. The number of rotatable bonds is 4. The van der Waals surface area contributed by atoms with Crippen molar-refractivity contribution >= 4 is 17.8 Å². The van der Waals surface area contributed by atoms with E-state index in [9.17, 15) is 9.59 Å². The lowest BCUT2D eigenvalue weighted by Gasteiger charge is -2.29. The summed E-state index contributed by atoms with van der Waals surface area (Å²) in [5, 5.41) is 5.81. The number of amidine groups is 1. The topological polar surface area (TPSA) is 83.0 Å². The van der Waals surface area contributed by atoms with Crippen LogP contribution in [0.4, 0.5) is 4.79 Å². The predicted molar refractivity (Wildman–Crippen MR) is 86.0 cm³/mol. The second kappa shape index (κ2) is 8.00. The van der Waals surface area contributed by atoms with Gasteiger partial charge in [-0.2, -0.15) is 0 Å². The van der Waals surface area contributed by atoms with Crippen molar-refractivity contribution in [3.8, 4) is 0 Å². The van der Waals surface area contributed by atoms with Gasteiger partial charge in [-0.05, 0) is 26.7 Å². The Morgan fingerprint density at radius 2 is 2.05 bits per heavy atom. The molecule has 0 saturated heterocycles. The highest BCUT2D eigenvalue weighted by atomic mass is 16.6. The van der Waals surface area contributed by atoms with E-state index in [1.165, 1.54) is 0 Å².